The van der Waals surface area contributed by atoms with E-state index in [1.807, 2.05) is 25.1 Å². The summed E-state index contributed by atoms with van der Waals surface area (Å²) in [6.07, 6.45) is 2.41. The van der Waals surface area contributed by atoms with Crippen molar-refractivity contribution >= 4 is 5.69 Å². The van der Waals surface area contributed by atoms with E-state index < -0.39 is 5.82 Å². The molecule has 0 aliphatic rings. The predicted octanol–water partition coefficient (Wildman–Crippen LogP) is 3.85. The lowest BCUT2D eigenvalue weighted by Gasteiger charge is -2.16. The van der Waals surface area contributed by atoms with Crippen LogP contribution in [-0.4, -0.2) is 0 Å². The van der Waals surface area contributed by atoms with Crippen LogP contribution in [0.4, 0.5) is 10.1 Å². The second-order valence-electron chi connectivity index (χ2n) is 3.92. The number of benzene rings is 1. The van der Waals surface area contributed by atoms with Crippen molar-refractivity contribution in [2.24, 2.45) is 0 Å². The molecule has 0 bridgehead atoms. The first kappa shape index (κ1) is 12.2. The van der Waals surface area contributed by atoms with Crippen LogP contribution in [0.25, 0.3) is 0 Å². The summed E-state index contributed by atoms with van der Waals surface area (Å²) >= 11 is 0. The number of furan rings is 1. The van der Waals surface area contributed by atoms with Gasteiger partial charge in [-0.15, -0.1) is 0 Å². The zero-order valence-electron chi connectivity index (χ0n) is 9.98. The zero-order chi connectivity index (χ0) is 13.0. The number of anilines is 1. The Balaban J connectivity index is 2.25. The molecule has 0 aliphatic heterocycles. The molecule has 3 nitrogen and oxygen atoms in total. The van der Waals surface area contributed by atoms with E-state index in [4.69, 9.17) is 9.68 Å². The average molecular weight is 244 g/mol. The maximum absolute atomic E-state index is 13.0. The summed E-state index contributed by atoms with van der Waals surface area (Å²) in [6, 6.07) is 9.75. The van der Waals surface area contributed by atoms with Crippen molar-refractivity contribution in [1.82, 2.24) is 0 Å². The minimum atomic E-state index is -0.414. The highest BCUT2D eigenvalue weighted by molar-refractivity contribution is 5.58. The number of rotatable bonds is 4. The van der Waals surface area contributed by atoms with Crippen molar-refractivity contribution in [2.45, 2.75) is 19.4 Å². The number of nitrogens with zero attached hydrogens (tertiary/aromatic N) is 1. The van der Waals surface area contributed by atoms with E-state index in [1.54, 1.807) is 12.3 Å². The number of hydrogen-bond acceptors (Lipinski definition) is 3. The Kier molecular flexibility index (Phi) is 3.63. The molecule has 0 aliphatic carbocycles. The molecule has 4 heteroatoms. The molecule has 1 aromatic carbocycles. The lowest BCUT2D eigenvalue weighted by atomic mass is 10.1. The van der Waals surface area contributed by atoms with E-state index in [2.05, 4.69) is 5.32 Å². The largest absolute Gasteiger partial charge is 0.467 e. The number of hydrogen-bond donors (Lipinski definition) is 1. The predicted molar refractivity (Wildman–Crippen MR) is 66.5 cm³/mol. The van der Waals surface area contributed by atoms with Crippen LogP contribution in [0.5, 0.6) is 0 Å². The van der Waals surface area contributed by atoms with Gasteiger partial charge >= 0.3 is 0 Å². The molecule has 18 heavy (non-hydrogen) atoms. The first-order chi connectivity index (χ1) is 8.74. The van der Waals surface area contributed by atoms with Crippen molar-refractivity contribution in [1.29, 1.82) is 5.26 Å². The van der Waals surface area contributed by atoms with E-state index >= 15 is 0 Å². The molecule has 0 radical (unpaired) electrons. The van der Waals surface area contributed by atoms with Gasteiger partial charge in [-0.25, -0.2) is 4.39 Å². The summed E-state index contributed by atoms with van der Waals surface area (Å²) in [7, 11) is 0. The second-order valence-corrected chi connectivity index (χ2v) is 3.92. The Morgan fingerprint density at radius 2 is 2.28 bits per heavy atom. The molecule has 0 saturated heterocycles. The van der Waals surface area contributed by atoms with Crippen LogP contribution in [0.15, 0.2) is 41.0 Å². The van der Waals surface area contributed by atoms with Gasteiger partial charge in [-0.05, 0) is 36.8 Å². The lowest BCUT2D eigenvalue weighted by Crippen LogP contribution is -2.10. The summed E-state index contributed by atoms with van der Waals surface area (Å²) in [5.41, 5.74) is 0.905. The zero-order valence-corrected chi connectivity index (χ0v) is 9.98. The lowest BCUT2D eigenvalue weighted by molar-refractivity contribution is 0.474. The number of halogens is 1. The summed E-state index contributed by atoms with van der Waals surface area (Å²) < 4.78 is 18.4. The molecule has 1 heterocycles. The summed E-state index contributed by atoms with van der Waals surface area (Å²) in [5, 5.41) is 12.2. The van der Waals surface area contributed by atoms with Gasteiger partial charge in [0.25, 0.3) is 0 Å². The third-order valence-corrected chi connectivity index (χ3v) is 2.73. The van der Waals surface area contributed by atoms with Crippen LogP contribution < -0.4 is 5.32 Å². The molecule has 1 atom stereocenters. The molecule has 0 amide bonds. The fraction of sp³-hybridized carbons (Fsp3) is 0.214. The average Bonchev–Trinajstić information content (AvgIpc) is 2.91. The first-order valence-electron chi connectivity index (χ1n) is 5.74. The Bertz CT molecular complexity index is 558. The normalized spacial score (nSPS) is 11.8. The maximum Gasteiger partial charge on any atom is 0.125 e. The van der Waals surface area contributed by atoms with E-state index in [-0.39, 0.29) is 6.04 Å². The standard InChI is InChI=1S/C14H13FN2O/c1-2-12(14-4-3-7-18-14)17-13-6-5-11(15)8-10(13)9-16/h3-8,12,17H,2H2,1H3. The van der Waals surface area contributed by atoms with Gasteiger partial charge in [0.2, 0.25) is 0 Å². The minimum Gasteiger partial charge on any atom is -0.467 e. The first-order valence-corrected chi connectivity index (χ1v) is 5.74. The fourth-order valence-electron chi connectivity index (χ4n) is 1.79. The third kappa shape index (κ3) is 2.51. The molecule has 2 rings (SSSR count). The van der Waals surface area contributed by atoms with E-state index in [0.717, 1.165) is 12.2 Å². The van der Waals surface area contributed by atoms with Gasteiger partial charge in [0.1, 0.15) is 17.6 Å². The second kappa shape index (κ2) is 5.37. The molecular formula is C14H13FN2O. The van der Waals surface area contributed by atoms with Crippen molar-refractivity contribution < 1.29 is 8.81 Å². The highest BCUT2D eigenvalue weighted by Crippen LogP contribution is 2.25. The monoisotopic (exact) mass is 244 g/mol. The number of nitrogens with one attached hydrogen (secondary N) is 1. The van der Waals surface area contributed by atoms with Crippen LogP contribution in [0.3, 0.4) is 0 Å². The highest BCUT2D eigenvalue weighted by Gasteiger charge is 2.14. The summed E-state index contributed by atoms with van der Waals surface area (Å²) in [4.78, 5) is 0. The Hall–Kier alpha value is -2.28. The van der Waals surface area contributed by atoms with Crippen LogP contribution in [0, 0.1) is 17.1 Å². The molecule has 1 N–H and O–H groups in total. The smallest absolute Gasteiger partial charge is 0.125 e. The van der Waals surface area contributed by atoms with Gasteiger partial charge in [0.15, 0.2) is 0 Å². The van der Waals surface area contributed by atoms with Gasteiger partial charge in [-0.1, -0.05) is 6.92 Å². The van der Waals surface area contributed by atoms with Gasteiger partial charge in [-0.2, -0.15) is 5.26 Å². The Morgan fingerprint density at radius 3 is 2.89 bits per heavy atom. The fourth-order valence-corrected chi connectivity index (χ4v) is 1.79. The van der Waals surface area contributed by atoms with Crippen LogP contribution in [0.2, 0.25) is 0 Å². The van der Waals surface area contributed by atoms with Crippen LogP contribution >= 0.6 is 0 Å². The molecule has 0 saturated carbocycles. The Morgan fingerprint density at radius 1 is 1.44 bits per heavy atom. The van der Waals surface area contributed by atoms with Crippen molar-refractivity contribution in [3.8, 4) is 6.07 Å². The molecule has 1 unspecified atom stereocenters. The topological polar surface area (TPSA) is 49.0 Å². The summed E-state index contributed by atoms with van der Waals surface area (Å²) in [6.45, 7) is 2.01. The number of nitriles is 1. The van der Waals surface area contributed by atoms with Crippen molar-refractivity contribution in [2.75, 3.05) is 5.32 Å². The molecule has 92 valence electrons. The molecule has 0 spiro atoms. The van der Waals surface area contributed by atoms with Crippen molar-refractivity contribution in [3.63, 3.8) is 0 Å². The minimum absolute atomic E-state index is 0.0300. The summed E-state index contributed by atoms with van der Waals surface area (Å²) in [5.74, 6) is 0.383. The van der Waals surface area contributed by atoms with Gasteiger partial charge in [0, 0.05) is 0 Å². The van der Waals surface area contributed by atoms with Crippen LogP contribution in [0.1, 0.15) is 30.7 Å². The maximum atomic E-state index is 13.0. The molecular weight excluding hydrogens is 231 g/mol. The Labute approximate surface area is 105 Å². The van der Waals surface area contributed by atoms with Crippen LogP contribution in [-0.2, 0) is 0 Å². The van der Waals surface area contributed by atoms with E-state index in [9.17, 15) is 4.39 Å². The molecule has 0 fully saturated rings. The molecule has 2 aromatic rings. The van der Waals surface area contributed by atoms with E-state index in [1.165, 1.54) is 12.1 Å². The third-order valence-electron chi connectivity index (χ3n) is 2.73. The van der Waals surface area contributed by atoms with E-state index in [0.29, 0.717) is 11.3 Å². The van der Waals surface area contributed by atoms with Gasteiger partial charge in [-0.3, -0.25) is 0 Å². The highest BCUT2D eigenvalue weighted by atomic mass is 19.1. The SMILES string of the molecule is CCC(Nc1ccc(F)cc1C#N)c1ccco1. The quantitative estimate of drug-likeness (QED) is 0.888. The van der Waals surface area contributed by atoms with Gasteiger partial charge in [0.05, 0.1) is 23.6 Å². The van der Waals surface area contributed by atoms with Crippen molar-refractivity contribution in [3.05, 3.63) is 53.7 Å². The molecule has 1 aromatic heterocycles. The van der Waals surface area contributed by atoms with Gasteiger partial charge < -0.3 is 9.73 Å².